The van der Waals surface area contributed by atoms with E-state index in [9.17, 15) is 0 Å². The van der Waals surface area contributed by atoms with E-state index in [2.05, 4.69) is 0 Å². The highest BCUT2D eigenvalue weighted by molar-refractivity contribution is 5.16. The molecule has 1 atom stereocenters. The first-order valence-corrected chi connectivity index (χ1v) is 4.62. The lowest BCUT2D eigenvalue weighted by molar-refractivity contribution is 0.0553. The minimum absolute atomic E-state index is 0.118. The topological polar surface area (TPSA) is 29.5 Å². The average Bonchev–Trinajstić information content (AvgIpc) is 2.19. The first kappa shape index (κ1) is 10.2. The molecule has 1 N–H and O–H groups in total. The van der Waals surface area contributed by atoms with Gasteiger partial charge in [0.25, 0.3) is 0 Å². The Morgan fingerprint density at radius 3 is 2.62 bits per heavy atom. The van der Waals surface area contributed by atoms with E-state index in [0.717, 1.165) is 0 Å². The van der Waals surface area contributed by atoms with E-state index in [0.29, 0.717) is 13.0 Å². The Morgan fingerprint density at radius 1 is 1.31 bits per heavy atom. The van der Waals surface area contributed by atoms with Crippen LogP contribution < -0.4 is 0 Å². The van der Waals surface area contributed by atoms with Crippen LogP contribution in [0.25, 0.3) is 0 Å². The van der Waals surface area contributed by atoms with Crippen LogP contribution in [-0.2, 0) is 4.74 Å². The number of hydrogen-bond acceptors (Lipinski definition) is 2. The maximum atomic E-state index is 8.57. The highest BCUT2D eigenvalue weighted by Gasteiger charge is 2.03. The van der Waals surface area contributed by atoms with Gasteiger partial charge in [0.05, 0.1) is 6.10 Å². The van der Waals surface area contributed by atoms with E-state index >= 15 is 0 Å². The fourth-order valence-corrected chi connectivity index (χ4v) is 1.14. The van der Waals surface area contributed by atoms with Crippen molar-refractivity contribution in [1.82, 2.24) is 0 Å². The molecule has 0 heterocycles. The van der Waals surface area contributed by atoms with Crippen molar-refractivity contribution in [1.29, 1.82) is 0 Å². The normalized spacial score (nSPS) is 12.8. The van der Waals surface area contributed by atoms with Crippen molar-refractivity contribution in [3.63, 3.8) is 0 Å². The molecule has 0 aliphatic rings. The molecule has 2 heteroatoms. The summed E-state index contributed by atoms with van der Waals surface area (Å²) in [5.74, 6) is 0. The van der Waals surface area contributed by atoms with Crippen molar-refractivity contribution >= 4 is 0 Å². The van der Waals surface area contributed by atoms with E-state index in [4.69, 9.17) is 9.84 Å². The van der Waals surface area contributed by atoms with Crippen LogP contribution in [0.1, 0.15) is 25.0 Å². The third-order valence-corrected chi connectivity index (χ3v) is 1.94. The molecule has 13 heavy (non-hydrogen) atoms. The lowest BCUT2D eigenvalue weighted by atomic mass is 10.1. The van der Waals surface area contributed by atoms with Crippen LogP contribution in [0.5, 0.6) is 0 Å². The first-order valence-electron chi connectivity index (χ1n) is 4.62. The summed E-state index contributed by atoms with van der Waals surface area (Å²) in [6, 6.07) is 10.1. The summed E-state index contributed by atoms with van der Waals surface area (Å²) in [7, 11) is 0. The highest BCUT2D eigenvalue weighted by Crippen LogP contribution is 2.15. The molecule has 0 fully saturated rings. The molecule has 1 aromatic rings. The zero-order chi connectivity index (χ0) is 9.52. The quantitative estimate of drug-likeness (QED) is 0.703. The number of rotatable bonds is 5. The standard InChI is InChI=1S/C11H16O2/c1-10(13-9-5-8-12)11-6-3-2-4-7-11/h2-4,6-7,10,12H,5,8-9H2,1H3. The van der Waals surface area contributed by atoms with E-state index in [1.165, 1.54) is 5.56 Å². The molecule has 0 aliphatic carbocycles. The molecule has 1 unspecified atom stereocenters. The van der Waals surface area contributed by atoms with Crippen LogP contribution >= 0.6 is 0 Å². The van der Waals surface area contributed by atoms with E-state index in [1.54, 1.807) is 0 Å². The molecule has 1 rings (SSSR count). The fourth-order valence-electron chi connectivity index (χ4n) is 1.14. The molecule has 0 saturated heterocycles. The number of aliphatic hydroxyl groups is 1. The predicted molar refractivity (Wildman–Crippen MR) is 52.5 cm³/mol. The van der Waals surface area contributed by atoms with Crippen molar-refractivity contribution in [2.24, 2.45) is 0 Å². The van der Waals surface area contributed by atoms with Gasteiger partial charge in [-0.2, -0.15) is 0 Å². The zero-order valence-electron chi connectivity index (χ0n) is 7.94. The molecular formula is C11H16O2. The van der Waals surface area contributed by atoms with Gasteiger partial charge >= 0.3 is 0 Å². The number of benzene rings is 1. The van der Waals surface area contributed by atoms with Gasteiger partial charge in [0.1, 0.15) is 0 Å². The molecule has 0 aromatic heterocycles. The van der Waals surface area contributed by atoms with Crippen LogP contribution in [0.2, 0.25) is 0 Å². The lowest BCUT2D eigenvalue weighted by Crippen LogP contribution is -2.02. The molecule has 0 spiro atoms. The maximum Gasteiger partial charge on any atom is 0.0796 e. The van der Waals surface area contributed by atoms with Crippen LogP contribution in [0.4, 0.5) is 0 Å². The molecule has 0 saturated carbocycles. The van der Waals surface area contributed by atoms with Gasteiger partial charge in [0.15, 0.2) is 0 Å². The Kier molecular flexibility index (Phi) is 4.50. The third kappa shape index (κ3) is 3.57. The van der Waals surface area contributed by atoms with Crippen molar-refractivity contribution in [2.45, 2.75) is 19.4 Å². The van der Waals surface area contributed by atoms with Gasteiger partial charge in [0, 0.05) is 13.2 Å². The molecule has 0 aliphatic heterocycles. The van der Waals surface area contributed by atoms with Crippen molar-refractivity contribution in [3.05, 3.63) is 35.9 Å². The Labute approximate surface area is 79.2 Å². The van der Waals surface area contributed by atoms with E-state index in [-0.39, 0.29) is 12.7 Å². The van der Waals surface area contributed by atoms with Gasteiger partial charge < -0.3 is 9.84 Å². The Hall–Kier alpha value is -0.860. The van der Waals surface area contributed by atoms with Gasteiger partial charge in [-0.25, -0.2) is 0 Å². The van der Waals surface area contributed by atoms with Crippen molar-refractivity contribution in [2.75, 3.05) is 13.2 Å². The molecule has 72 valence electrons. The molecule has 2 nitrogen and oxygen atoms in total. The average molecular weight is 180 g/mol. The Balaban J connectivity index is 2.35. The molecule has 0 bridgehead atoms. The summed E-state index contributed by atoms with van der Waals surface area (Å²) in [6.07, 6.45) is 0.824. The largest absolute Gasteiger partial charge is 0.396 e. The molecular weight excluding hydrogens is 164 g/mol. The predicted octanol–water partition coefficient (Wildman–Crippen LogP) is 2.15. The number of ether oxygens (including phenoxy) is 1. The summed E-state index contributed by atoms with van der Waals surface area (Å²) >= 11 is 0. The monoisotopic (exact) mass is 180 g/mol. The Bertz CT molecular complexity index is 221. The van der Waals surface area contributed by atoms with Gasteiger partial charge in [-0.15, -0.1) is 0 Å². The third-order valence-electron chi connectivity index (χ3n) is 1.94. The summed E-state index contributed by atoms with van der Waals surface area (Å²) in [5, 5.41) is 8.57. The van der Waals surface area contributed by atoms with Crippen molar-refractivity contribution in [3.8, 4) is 0 Å². The summed E-state index contributed by atoms with van der Waals surface area (Å²) in [4.78, 5) is 0. The van der Waals surface area contributed by atoms with Crippen LogP contribution in [-0.4, -0.2) is 18.3 Å². The zero-order valence-corrected chi connectivity index (χ0v) is 7.94. The van der Waals surface area contributed by atoms with Crippen LogP contribution in [0.15, 0.2) is 30.3 Å². The summed E-state index contributed by atoms with van der Waals surface area (Å²) in [6.45, 7) is 2.83. The van der Waals surface area contributed by atoms with Gasteiger partial charge in [-0.05, 0) is 18.9 Å². The van der Waals surface area contributed by atoms with E-state index < -0.39 is 0 Å². The number of aliphatic hydroxyl groups excluding tert-OH is 1. The first-order chi connectivity index (χ1) is 6.34. The Morgan fingerprint density at radius 2 is 2.00 bits per heavy atom. The maximum absolute atomic E-state index is 8.57. The highest BCUT2D eigenvalue weighted by atomic mass is 16.5. The molecule has 0 radical (unpaired) electrons. The SMILES string of the molecule is CC(OCCCO)c1ccccc1. The lowest BCUT2D eigenvalue weighted by Gasteiger charge is -2.12. The second-order valence-corrected chi connectivity index (χ2v) is 3.00. The van der Waals surface area contributed by atoms with E-state index in [1.807, 2.05) is 37.3 Å². The fraction of sp³-hybridized carbons (Fsp3) is 0.455. The second-order valence-electron chi connectivity index (χ2n) is 3.00. The second kappa shape index (κ2) is 5.73. The van der Waals surface area contributed by atoms with Crippen molar-refractivity contribution < 1.29 is 9.84 Å². The minimum Gasteiger partial charge on any atom is -0.396 e. The summed E-state index contributed by atoms with van der Waals surface area (Å²) in [5.41, 5.74) is 1.18. The number of hydrogen-bond donors (Lipinski definition) is 1. The summed E-state index contributed by atoms with van der Waals surface area (Å²) < 4.78 is 5.51. The minimum atomic E-state index is 0.118. The van der Waals surface area contributed by atoms with Gasteiger partial charge in [0.2, 0.25) is 0 Å². The van der Waals surface area contributed by atoms with Crippen LogP contribution in [0, 0.1) is 0 Å². The molecule has 1 aromatic carbocycles. The van der Waals surface area contributed by atoms with Gasteiger partial charge in [-0.1, -0.05) is 30.3 Å². The van der Waals surface area contributed by atoms with Gasteiger partial charge in [-0.3, -0.25) is 0 Å². The van der Waals surface area contributed by atoms with Crippen LogP contribution in [0.3, 0.4) is 0 Å². The molecule has 0 amide bonds. The smallest absolute Gasteiger partial charge is 0.0796 e.